The normalized spacial score (nSPS) is 30.6. The third-order valence-electron chi connectivity index (χ3n) is 4.43. The van der Waals surface area contributed by atoms with Gasteiger partial charge < -0.3 is 20.5 Å². The van der Waals surface area contributed by atoms with E-state index in [0.717, 1.165) is 6.42 Å². The van der Waals surface area contributed by atoms with Crippen LogP contribution in [0.5, 0.6) is 0 Å². The first-order valence-corrected chi connectivity index (χ1v) is 7.44. The lowest BCUT2D eigenvalue weighted by atomic mass is 9.86. The molecule has 3 N–H and O–H groups in total. The lowest BCUT2D eigenvalue weighted by molar-refractivity contribution is -0.0601. The average molecular weight is 270 g/mol. The zero-order valence-electron chi connectivity index (χ0n) is 11.8. The van der Waals surface area contributed by atoms with Gasteiger partial charge in [-0.25, -0.2) is 4.79 Å². The fourth-order valence-corrected chi connectivity index (χ4v) is 2.92. The van der Waals surface area contributed by atoms with E-state index in [1.165, 1.54) is 19.3 Å². The van der Waals surface area contributed by atoms with Crippen LogP contribution in [0, 0.1) is 5.92 Å². The van der Waals surface area contributed by atoms with Crippen molar-refractivity contribution in [1.29, 1.82) is 0 Å². The summed E-state index contributed by atoms with van der Waals surface area (Å²) in [5.41, 5.74) is -0.798. The van der Waals surface area contributed by atoms with Crippen LogP contribution in [0.1, 0.15) is 45.4 Å². The number of hydrogen-bond acceptors (Lipinski definition) is 3. The predicted molar refractivity (Wildman–Crippen MR) is 73.0 cm³/mol. The van der Waals surface area contributed by atoms with Crippen molar-refractivity contribution in [3.63, 3.8) is 0 Å². The third-order valence-corrected chi connectivity index (χ3v) is 4.43. The molecule has 2 fully saturated rings. The molecular formula is C14H26N2O3. The molecule has 0 aromatic carbocycles. The lowest BCUT2D eigenvalue weighted by Gasteiger charge is -2.33. The van der Waals surface area contributed by atoms with Crippen LogP contribution in [0.15, 0.2) is 0 Å². The topological polar surface area (TPSA) is 70.6 Å². The molecule has 110 valence electrons. The van der Waals surface area contributed by atoms with Crippen molar-refractivity contribution in [2.24, 2.45) is 5.92 Å². The molecule has 1 aliphatic heterocycles. The van der Waals surface area contributed by atoms with Gasteiger partial charge in [-0.2, -0.15) is 0 Å². The smallest absolute Gasteiger partial charge is 0.315 e. The summed E-state index contributed by atoms with van der Waals surface area (Å²) in [6.07, 6.45) is 5.89. The molecule has 2 aliphatic rings. The highest BCUT2D eigenvalue weighted by Crippen LogP contribution is 2.23. The molecule has 1 saturated carbocycles. The summed E-state index contributed by atoms with van der Waals surface area (Å²) < 4.78 is 5.22. The van der Waals surface area contributed by atoms with Gasteiger partial charge in [0.25, 0.3) is 0 Å². The molecule has 0 spiro atoms. The van der Waals surface area contributed by atoms with Gasteiger partial charge in [-0.15, -0.1) is 0 Å². The number of rotatable bonds is 3. The van der Waals surface area contributed by atoms with Gasteiger partial charge in [0, 0.05) is 38.6 Å². The summed E-state index contributed by atoms with van der Waals surface area (Å²) in [5.74, 6) is 0.547. The number of hydrogen-bond donors (Lipinski definition) is 3. The molecule has 5 heteroatoms. The fraction of sp³-hybridized carbons (Fsp3) is 0.929. The summed E-state index contributed by atoms with van der Waals surface area (Å²) >= 11 is 0. The molecule has 19 heavy (non-hydrogen) atoms. The first-order chi connectivity index (χ1) is 9.09. The van der Waals surface area contributed by atoms with E-state index in [1.54, 1.807) is 0 Å². The number of nitrogens with one attached hydrogen (secondary N) is 2. The minimum Gasteiger partial charge on any atom is -0.388 e. The third kappa shape index (κ3) is 4.35. The van der Waals surface area contributed by atoms with E-state index in [-0.39, 0.29) is 12.1 Å². The Hall–Kier alpha value is -0.810. The Bertz CT molecular complexity index is 303. The maximum absolute atomic E-state index is 11.9. The molecule has 1 saturated heterocycles. The van der Waals surface area contributed by atoms with Crippen LogP contribution >= 0.6 is 0 Å². The fourth-order valence-electron chi connectivity index (χ4n) is 2.92. The number of carbonyl (C=O) groups is 1. The van der Waals surface area contributed by atoms with Crippen LogP contribution in [0.4, 0.5) is 4.79 Å². The van der Waals surface area contributed by atoms with Crippen molar-refractivity contribution in [3.05, 3.63) is 0 Å². The van der Waals surface area contributed by atoms with Crippen LogP contribution in [0.25, 0.3) is 0 Å². The van der Waals surface area contributed by atoms with Crippen molar-refractivity contribution < 1.29 is 14.6 Å². The van der Waals surface area contributed by atoms with Crippen molar-refractivity contribution in [1.82, 2.24) is 10.6 Å². The van der Waals surface area contributed by atoms with Gasteiger partial charge in [0.05, 0.1) is 5.60 Å². The summed E-state index contributed by atoms with van der Waals surface area (Å²) in [7, 11) is 0. The Morgan fingerprint density at radius 3 is 2.68 bits per heavy atom. The number of ether oxygens (including phenoxy) is 1. The van der Waals surface area contributed by atoms with Gasteiger partial charge in [0.15, 0.2) is 0 Å². The maximum atomic E-state index is 11.9. The van der Waals surface area contributed by atoms with E-state index in [2.05, 4.69) is 17.6 Å². The second-order valence-electron chi connectivity index (χ2n) is 6.03. The van der Waals surface area contributed by atoms with E-state index >= 15 is 0 Å². The Balaban J connectivity index is 1.71. The Kier molecular flexibility index (Phi) is 5.05. The van der Waals surface area contributed by atoms with Crippen molar-refractivity contribution >= 4 is 6.03 Å². The Morgan fingerprint density at radius 1 is 1.32 bits per heavy atom. The molecule has 2 atom stereocenters. The molecular weight excluding hydrogens is 244 g/mol. The molecule has 2 rings (SSSR count). The summed E-state index contributed by atoms with van der Waals surface area (Å²) in [6, 6.07) is 0.122. The molecule has 5 nitrogen and oxygen atoms in total. The largest absolute Gasteiger partial charge is 0.388 e. The SMILES string of the molecule is CC1CCCCC1NC(=O)NCC1(O)CCOCC1. The quantitative estimate of drug-likeness (QED) is 0.726. The van der Waals surface area contributed by atoms with E-state index in [0.29, 0.717) is 38.5 Å². The zero-order chi connectivity index (χ0) is 13.7. The molecule has 0 aromatic heterocycles. The van der Waals surface area contributed by atoms with Crippen LogP contribution < -0.4 is 10.6 Å². The lowest BCUT2D eigenvalue weighted by Crippen LogP contribution is -2.52. The first kappa shape index (κ1) is 14.6. The van der Waals surface area contributed by atoms with E-state index in [9.17, 15) is 9.90 Å². The van der Waals surface area contributed by atoms with Crippen molar-refractivity contribution in [2.75, 3.05) is 19.8 Å². The molecule has 1 heterocycles. The Labute approximate surface area is 115 Å². The molecule has 0 bridgehead atoms. The molecule has 2 amide bonds. The highest BCUT2D eigenvalue weighted by molar-refractivity contribution is 5.74. The minimum atomic E-state index is -0.798. The van der Waals surface area contributed by atoms with E-state index < -0.39 is 5.60 Å². The number of urea groups is 1. The van der Waals surface area contributed by atoms with Gasteiger partial charge in [0.2, 0.25) is 0 Å². The van der Waals surface area contributed by atoms with Gasteiger partial charge in [-0.05, 0) is 18.8 Å². The maximum Gasteiger partial charge on any atom is 0.315 e. The van der Waals surface area contributed by atoms with Crippen LogP contribution in [-0.4, -0.2) is 42.5 Å². The number of amides is 2. The van der Waals surface area contributed by atoms with E-state index in [4.69, 9.17) is 4.74 Å². The monoisotopic (exact) mass is 270 g/mol. The van der Waals surface area contributed by atoms with Gasteiger partial charge in [-0.1, -0.05) is 19.8 Å². The van der Waals surface area contributed by atoms with Crippen molar-refractivity contribution in [3.8, 4) is 0 Å². The van der Waals surface area contributed by atoms with Crippen LogP contribution in [0.3, 0.4) is 0 Å². The minimum absolute atomic E-state index is 0.154. The van der Waals surface area contributed by atoms with Crippen LogP contribution in [-0.2, 0) is 4.74 Å². The molecule has 2 unspecified atom stereocenters. The predicted octanol–water partition coefficient (Wildman–Crippen LogP) is 1.41. The highest BCUT2D eigenvalue weighted by Gasteiger charge is 2.30. The molecule has 0 radical (unpaired) electrons. The van der Waals surface area contributed by atoms with Gasteiger partial charge in [0.1, 0.15) is 0 Å². The van der Waals surface area contributed by atoms with Gasteiger partial charge in [-0.3, -0.25) is 0 Å². The van der Waals surface area contributed by atoms with E-state index in [1.807, 2.05) is 0 Å². The molecule has 1 aliphatic carbocycles. The second-order valence-corrected chi connectivity index (χ2v) is 6.03. The highest BCUT2D eigenvalue weighted by atomic mass is 16.5. The molecule has 0 aromatic rings. The van der Waals surface area contributed by atoms with Gasteiger partial charge >= 0.3 is 6.03 Å². The summed E-state index contributed by atoms with van der Waals surface area (Å²) in [5, 5.41) is 16.1. The first-order valence-electron chi connectivity index (χ1n) is 7.44. The summed E-state index contributed by atoms with van der Waals surface area (Å²) in [4.78, 5) is 11.9. The van der Waals surface area contributed by atoms with Crippen LogP contribution in [0.2, 0.25) is 0 Å². The average Bonchev–Trinajstić information content (AvgIpc) is 2.40. The number of carbonyl (C=O) groups excluding carboxylic acids is 1. The zero-order valence-corrected chi connectivity index (χ0v) is 11.8. The number of aliphatic hydroxyl groups is 1. The Morgan fingerprint density at radius 2 is 2.00 bits per heavy atom. The second kappa shape index (κ2) is 6.57. The summed E-state index contributed by atoms with van der Waals surface area (Å²) in [6.45, 7) is 3.64. The van der Waals surface area contributed by atoms with Crippen molar-refractivity contribution in [2.45, 2.75) is 57.1 Å². The standard InChI is InChI=1S/C14H26N2O3/c1-11-4-2-3-5-12(11)16-13(17)15-10-14(18)6-8-19-9-7-14/h11-12,18H,2-10H2,1H3,(H2,15,16,17).